The summed E-state index contributed by atoms with van der Waals surface area (Å²) in [4.78, 5) is 7.35. The van der Waals surface area contributed by atoms with E-state index in [4.69, 9.17) is 19.2 Å². The van der Waals surface area contributed by atoms with E-state index in [2.05, 4.69) is 73.3 Å². The van der Waals surface area contributed by atoms with E-state index in [0.717, 1.165) is 36.2 Å². The summed E-state index contributed by atoms with van der Waals surface area (Å²) in [7, 11) is 3.33. The molecule has 0 aromatic heterocycles. The Bertz CT molecular complexity index is 1200. The summed E-state index contributed by atoms with van der Waals surface area (Å²) >= 11 is 0. The van der Waals surface area contributed by atoms with Crippen LogP contribution in [0, 0.1) is 0 Å². The molecule has 0 fully saturated rings. The van der Waals surface area contributed by atoms with Crippen LogP contribution in [0.5, 0.6) is 11.5 Å². The molecule has 2 aliphatic rings. The molecule has 0 bridgehead atoms. The minimum atomic E-state index is -0.252. The van der Waals surface area contributed by atoms with E-state index in [0.29, 0.717) is 24.0 Å². The third-order valence-electron chi connectivity index (χ3n) is 6.31. The van der Waals surface area contributed by atoms with E-state index in [1.807, 2.05) is 6.07 Å². The molecule has 0 amide bonds. The number of benzene rings is 3. The van der Waals surface area contributed by atoms with Crippen molar-refractivity contribution in [2.45, 2.75) is 32.4 Å². The average molecular weight is 443 g/mol. The van der Waals surface area contributed by atoms with Crippen LogP contribution in [0.15, 0.2) is 65.7 Å². The van der Waals surface area contributed by atoms with Gasteiger partial charge in [0, 0.05) is 35.5 Å². The van der Waals surface area contributed by atoms with Gasteiger partial charge in [-0.1, -0.05) is 48.5 Å². The number of anilines is 1. The molecule has 3 aromatic carbocycles. The third kappa shape index (κ3) is 4.04. The number of hydrogen-bond acceptors (Lipinski definition) is 5. The van der Waals surface area contributed by atoms with Crippen molar-refractivity contribution < 1.29 is 14.2 Å². The zero-order valence-electron chi connectivity index (χ0n) is 19.7. The van der Waals surface area contributed by atoms with Gasteiger partial charge in [0.25, 0.3) is 0 Å². The van der Waals surface area contributed by atoms with E-state index in [1.54, 1.807) is 14.2 Å². The van der Waals surface area contributed by atoms with Gasteiger partial charge in [-0.05, 0) is 43.5 Å². The maximum Gasteiger partial charge on any atom is 0.217 e. The molecule has 5 nitrogen and oxygen atoms in total. The number of hydrogen-bond donors (Lipinski definition) is 0. The first kappa shape index (κ1) is 21.4. The van der Waals surface area contributed by atoms with Gasteiger partial charge in [-0.3, -0.25) is 0 Å². The minimum absolute atomic E-state index is 0.252. The fourth-order valence-electron chi connectivity index (χ4n) is 4.71. The SMILES string of the molecule is COc1cc(C2=NC(C)(C)CO2)c(-c2cccc3c2N(Cc2ccccc2)CC3)cc1OC. The van der Waals surface area contributed by atoms with Crippen LogP contribution in [-0.2, 0) is 17.7 Å². The van der Waals surface area contributed by atoms with Gasteiger partial charge in [0.15, 0.2) is 11.5 Å². The quantitative estimate of drug-likeness (QED) is 0.506. The molecule has 2 aliphatic heterocycles. The second-order valence-corrected chi connectivity index (χ2v) is 9.24. The summed E-state index contributed by atoms with van der Waals surface area (Å²) < 4.78 is 17.4. The molecule has 0 aliphatic carbocycles. The number of nitrogens with zero attached hydrogens (tertiary/aromatic N) is 2. The number of ether oxygens (including phenoxy) is 3. The Labute approximate surface area is 195 Å². The lowest BCUT2D eigenvalue weighted by Gasteiger charge is -2.24. The van der Waals surface area contributed by atoms with Gasteiger partial charge in [0.05, 0.1) is 19.8 Å². The topological polar surface area (TPSA) is 43.3 Å². The zero-order chi connectivity index (χ0) is 23.0. The molecule has 2 heterocycles. The van der Waals surface area contributed by atoms with Gasteiger partial charge in [-0.2, -0.15) is 0 Å². The fraction of sp³-hybridized carbons (Fsp3) is 0.321. The summed E-state index contributed by atoms with van der Waals surface area (Å²) in [5.74, 6) is 2.02. The molecule has 0 saturated heterocycles. The van der Waals surface area contributed by atoms with Crippen LogP contribution in [0.2, 0.25) is 0 Å². The van der Waals surface area contributed by atoms with E-state index in [-0.39, 0.29) is 5.54 Å². The summed E-state index contributed by atoms with van der Waals surface area (Å²) in [5.41, 5.74) is 6.81. The number of methoxy groups -OCH3 is 2. The van der Waals surface area contributed by atoms with Crippen molar-refractivity contribution in [3.8, 4) is 22.6 Å². The first-order valence-electron chi connectivity index (χ1n) is 11.4. The van der Waals surface area contributed by atoms with Gasteiger partial charge < -0.3 is 19.1 Å². The van der Waals surface area contributed by atoms with E-state index in [1.165, 1.54) is 16.8 Å². The standard InChI is InChI=1S/C28H30N2O3/c1-28(2)18-33-27(29-28)23-16-25(32-4)24(31-3)15-22(23)21-12-8-11-20-13-14-30(26(20)21)17-19-9-6-5-7-10-19/h5-12,15-16H,13-14,17-18H2,1-4H3. The van der Waals surface area contributed by atoms with Crippen LogP contribution in [0.1, 0.15) is 30.5 Å². The van der Waals surface area contributed by atoms with Crippen molar-refractivity contribution in [1.29, 1.82) is 0 Å². The van der Waals surface area contributed by atoms with E-state index in [9.17, 15) is 0 Å². The minimum Gasteiger partial charge on any atom is -0.493 e. The Hall–Kier alpha value is -3.47. The van der Waals surface area contributed by atoms with Crippen LogP contribution < -0.4 is 14.4 Å². The van der Waals surface area contributed by atoms with Crippen LogP contribution in [0.4, 0.5) is 5.69 Å². The van der Waals surface area contributed by atoms with Gasteiger partial charge in [-0.15, -0.1) is 0 Å². The Morgan fingerprint density at radius 1 is 0.909 bits per heavy atom. The van der Waals surface area contributed by atoms with E-state index >= 15 is 0 Å². The van der Waals surface area contributed by atoms with Gasteiger partial charge in [0.2, 0.25) is 5.90 Å². The second kappa shape index (κ2) is 8.47. The van der Waals surface area contributed by atoms with Crippen LogP contribution in [0.3, 0.4) is 0 Å². The molecular weight excluding hydrogens is 412 g/mol. The van der Waals surface area contributed by atoms with Gasteiger partial charge >= 0.3 is 0 Å². The maximum atomic E-state index is 6.07. The van der Waals surface area contributed by atoms with Gasteiger partial charge in [0.1, 0.15) is 6.61 Å². The first-order valence-corrected chi connectivity index (χ1v) is 11.4. The van der Waals surface area contributed by atoms with Crippen molar-refractivity contribution >= 4 is 11.6 Å². The fourth-order valence-corrected chi connectivity index (χ4v) is 4.71. The molecule has 5 rings (SSSR count). The molecule has 33 heavy (non-hydrogen) atoms. The molecule has 0 atom stereocenters. The molecular formula is C28H30N2O3. The average Bonchev–Trinajstić information content (AvgIpc) is 3.41. The number of rotatable bonds is 6. The highest BCUT2D eigenvalue weighted by Gasteiger charge is 2.31. The molecule has 0 N–H and O–H groups in total. The lowest BCUT2D eigenvalue weighted by Crippen LogP contribution is -2.20. The van der Waals surface area contributed by atoms with Crippen molar-refractivity contribution in [3.63, 3.8) is 0 Å². The summed E-state index contributed by atoms with van der Waals surface area (Å²) in [6, 6.07) is 21.2. The summed E-state index contributed by atoms with van der Waals surface area (Å²) in [5, 5.41) is 0. The monoisotopic (exact) mass is 442 g/mol. The highest BCUT2D eigenvalue weighted by molar-refractivity contribution is 6.04. The van der Waals surface area contributed by atoms with Crippen molar-refractivity contribution in [2.24, 2.45) is 4.99 Å². The lowest BCUT2D eigenvalue weighted by molar-refractivity contribution is 0.279. The summed E-state index contributed by atoms with van der Waals surface area (Å²) in [6.45, 7) is 6.60. The van der Waals surface area contributed by atoms with Crippen LogP contribution in [-0.4, -0.2) is 38.8 Å². The predicted octanol–water partition coefficient (Wildman–Crippen LogP) is 5.49. The third-order valence-corrected chi connectivity index (χ3v) is 6.31. The van der Waals surface area contributed by atoms with Crippen LogP contribution in [0.25, 0.3) is 11.1 Å². The molecule has 0 unspecified atom stereocenters. The van der Waals surface area contributed by atoms with Gasteiger partial charge in [-0.25, -0.2) is 4.99 Å². The molecule has 3 aromatic rings. The van der Waals surface area contributed by atoms with Crippen molar-refractivity contribution in [3.05, 3.63) is 77.4 Å². The Morgan fingerprint density at radius 3 is 2.30 bits per heavy atom. The van der Waals surface area contributed by atoms with E-state index < -0.39 is 0 Å². The lowest BCUT2D eigenvalue weighted by atomic mass is 9.94. The highest BCUT2D eigenvalue weighted by Crippen LogP contribution is 2.44. The second-order valence-electron chi connectivity index (χ2n) is 9.24. The molecule has 170 valence electrons. The predicted molar refractivity (Wildman–Crippen MR) is 133 cm³/mol. The normalized spacial score (nSPS) is 16.2. The van der Waals surface area contributed by atoms with Crippen molar-refractivity contribution in [1.82, 2.24) is 0 Å². The zero-order valence-corrected chi connectivity index (χ0v) is 19.7. The maximum absolute atomic E-state index is 6.07. The molecule has 0 radical (unpaired) electrons. The summed E-state index contributed by atoms with van der Waals surface area (Å²) in [6.07, 6.45) is 1.03. The first-order chi connectivity index (χ1) is 16.0. The Morgan fingerprint density at radius 2 is 1.64 bits per heavy atom. The number of fused-ring (bicyclic) bond motifs is 1. The smallest absolute Gasteiger partial charge is 0.217 e. The Kier molecular flexibility index (Phi) is 5.49. The highest BCUT2D eigenvalue weighted by atomic mass is 16.5. The molecule has 0 spiro atoms. The number of para-hydroxylation sites is 1. The number of aliphatic imine (C=N–C) groups is 1. The largest absolute Gasteiger partial charge is 0.493 e. The van der Waals surface area contributed by atoms with Crippen molar-refractivity contribution in [2.75, 3.05) is 32.3 Å². The molecule has 0 saturated carbocycles. The molecule has 5 heteroatoms. The van der Waals surface area contributed by atoms with Crippen LogP contribution >= 0.6 is 0 Å². The Balaban J connectivity index is 1.67.